The van der Waals surface area contributed by atoms with Gasteiger partial charge >= 0.3 is 5.97 Å². The van der Waals surface area contributed by atoms with Crippen molar-refractivity contribution in [2.24, 2.45) is 0 Å². The van der Waals surface area contributed by atoms with E-state index in [1.165, 1.54) is 64.2 Å². The number of aliphatic carboxylic acids is 1. The lowest BCUT2D eigenvalue weighted by Crippen LogP contribution is -2.17. The van der Waals surface area contributed by atoms with Crippen molar-refractivity contribution >= 4 is 11.9 Å². The number of hydroxylamine groups is 1. The maximum Gasteiger partial charge on any atom is 0.303 e. The Morgan fingerprint density at radius 3 is 1.17 bits per heavy atom. The van der Waals surface area contributed by atoms with Gasteiger partial charge in [-0.3, -0.25) is 14.8 Å². The van der Waals surface area contributed by atoms with Gasteiger partial charge in [0.25, 0.3) is 0 Å². The quantitative estimate of drug-likeness (QED) is 0.203. The summed E-state index contributed by atoms with van der Waals surface area (Å²) in [5.74, 6) is -0.965. The molecule has 0 aliphatic heterocycles. The number of carboxylic acids is 1. The fraction of sp³-hybridized carbons (Fsp3) is 0.889. The average molecular weight is 329 g/mol. The monoisotopic (exact) mass is 329 g/mol. The highest BCUT2D eigenvalue weighted by molar-refractivity contribution is 5.74. The second-order valence-electron chi connectivity index (χ2n) is 6.38. The molecule has 23 heavy (non-hydrogen) atoms. The molecule has 0 radical (unpaired) electrons. The van der Waals surface area contributed by atoms with E-state index in [-0.39, 0.29) is 5.91 Å². The Bertz CT molecular complexity index is 295. The number of hydrogen-bond acceptors (Lipinski definition) is 3. The smallest absolute Gasteiger partial charge is 0.303 e. The Morgan fingerprint density at radius 1 is 0.565 bits per heavy atom. The molecule has 0 rings (SSSR count). The molecule has 0 aliphatic rings. The maximum absolute atomic E-state index is 10.8. The number of hydrogen-bond donors (Lipinski definition) is 3. The minimum absolute atomic E-state index is 0.285. The van der Waals surface area contributed by atoms with Crippen LogP contribution in [-0.4, -0.2) is 22.2 Å². The molecule has 3 N–H and O–H groups in total. The Morgan fingerprint density at radius 2 is 0.870 bits per heavy atom. The molecule has 0 saturated carbocycles. The lowest BCUT2D eigenvalue weighted by molar-refractivity contribution is -0.137. The molecule has 0 aromatic rings. The Hall–Kier alpha value is -1.10. The van der Waals surface area contributed by atoms with E-state index >= 15 is 0 Å². The summed E-state index contributed by atoms with van der Waals surface area (Å²) >= 11 is 0. The van der Waals surface area contributed by atoms with Crippen LogP contribution in [0.4, 0.5) is 0 Å². The van der Waals surface area contributed by atoms with E-state index in [2.05, 4.69) is 0 Å². The van der Waals surface area contributed by atoms with Gasteiger partial charge in [0.05, 0.1) is 0 Å². The zero-order valence-corrected chi connectivity index (χ0v) is 14.5. The van der Waals surface area contributed by atoms with E-state index < -0.39 is 5.97 Å². The molecule has 1 amide bonds. The van der Waals surface area contributed by atoms with Gasteiger partial charge in [-0.2, -0.15) is 0 Å². The summed E-state index contributed by atoms with van der Waals surface area (Å²) in [5, 5.41) is 16.9. The fourth-order valence-corrected chi connectivity index (χ4v) is 2.74. The third-order valence-corrected chi connectivity index (χ3v) is 4.17. The topological polar surface area (TPSA) is 86.6 Å². The second kappa shape index (κ2) is 17.3. The molecule has 136 valence electrons. The van der Waals surface area contributed by atoms with Crippen molar-refractivity contribution in [2.45, 2.75) is 103 Å². The van der Waals surface area contributed by atoms with E-state index in [9.17, 15) is 9.59 Å². The zero-order chi connectivity index (χ0) is 17.2. The number of carbonyl (C=O) groups is 2. The van der Waals surface area contributed by atoms with E-state index in [0.717, 1.165) is 25.7 Å². The van der Waals surface area contributed by atoms with Gasteiger partial charge < -0.3 is 5.11 Å². The molecular formula is C18H35NO4. The Labute approximate surface area is 140 Å². The third kappa shape index (κ3) is 18.9. The van der Waals surface area contributed by atoms with Crippen molar-refractivity contribution < 1.29 is 19.9 Å². The highest BCUT2D eigenvalue weighted by atomic mass is 16.5. The highest BCUT2D eigenvalue weighted by Gasteiger charge is 1.99. The summed E-state index contributed by atoms with van der Waals surface area (Å²) < 4.78 is 0. The van der Waals surface area contributed by atoms with Crippen molar-refractivity contribution in [3.63, 3.8) is 0 Å². The summed E-state index contributed by atoms with van der Waals surface area (Å²) in [6, 6.07) is 0. The van der Waals surface area contributed by atoms with Crippen LogP contribution in [0.15, 0.2) is 0 Å². The van der Waals surface area contributed by atoms with Crippen LogP contribution in [0.5, 0.6) is 0 Å². The van der Waals surface area contributed by atoms with Crippen LogP contribution >= 0.6 is 0 Å². The van der Waals surface area contributed by atoms with Crippen LogP contribution in [0.3, 0.4) is 0 Å². The first-order valence-electron chi connectivity index (χ1n) is 9.31. The van der Waals surface area contributed by atoms with Crippen LogP contribution in [0.1, 0.15) is 103 Å². The summed E-state index contributed by atoms with van der Waals surface area (Å²) in [7, 11) is 0. The number of nitrogens with one attached hydrogen (secondary N) is 1. The predicted molar refractivity (Wildman–Crippen MR) is 91.4 cm³/mol. The average Bonchev–Trinajstić information content (AvgIpc) is 2.53. The molecule has 0 fully saturated rings. The molecule has 0 heterocycles. The second-order valence-corrected chi connectivity index (χ2v) is 6.38. The van der Waals surface area contributed by atoms with Gasteiger partial charge in [-0.15, -0.1) is 0 Å². The fourth-order valence-electron chi connectivity index (χ4n) is 2.74. The van der Waals surface area contributed by atoms with Crippen LogP contribution in [0.2, 0.25) is 0 Å². The van der Waals surface area contributed by atoms with Crippen LogP contribution in [0, 0.1) is 0 Å². The zero-order valence-electron chi connectivity index (χ0n) is 14.5. The summed E-state index contributed by atoms with van der Waals surface area (Å²) in [6.45, 7) is 0. The number of unbranched alkanes of at least 4 members (excludes halogenated alkanes) is 13. The summed E-state index contributed by atoms with van der Waals surface area (Å²) in [4.78, 5) is 21.1. The van der Waals surface area contributed by atoms with Gasteiger partial charge in [0.1, 0.15) is 0 Å². The van der Waals surface area contributed by atoms with E-state index in [0.29, 0.717) is 12.8 Å². The molecule has 5 nitrogen and oxygen atoms in total. The number of carboxylic acid groups (broad SMARTS) is 1. The standard InChI is InChI=1S/C18H35NO4/c20-17(19-23)15-13-11-9-7-5-3-1-2-4-6-8-10-12-14-16-18(21)22/h23H,1-16H2,(H,19,20)(H,21,22). The van der Waals surface area contributed by atoms with E-state index in [1.807, 2.05) is 0 Å². The highest BCUT2D eigenvalue weighted by Crippen LogP contribution is 2.13. The minimum Gasteiger partial charge on any atom is -0.481 e. The van der Waals surface area contributed by atoms with Crippen LogP contribution in [0.25, 0.3) is 0 Å². The number of rotatable bonds is 17. The first kappa shape index (κ1) is 21.9. The van der Waals surface area contributed by atoms with Crippen LogP contribution in [-0.2, 0) is 9.59 Å². The first-order chi connectivity index (χ1) is 11.2. The molecule has 0 aromatic heterocycles. The Balaban J connectivity index is 3.02. The van der Waals surface area contributed by atoms with Crippen molar-refractivity contribution in [3.8, 4) is 0 Å². The summed E-state index contributed by atoms with van der Waals surface area (Å²) in [5.41, 5.74) is 1.66. The van der Waals surface area contributed by atoms with Crippen molar-refractivity contribution in [3.05, 3.63) is 0 Å². The molecule has 0 atom stereocenters. The van der Waals surface area contributed by atoms with Crippen molar-refractivity contribution in [1.29, 1.82) is 0 Å². The van der Waals surface area contributed by atoms with Gasteiger partial charge in [-0.1, -0.05) is 77.0 Å². The van der Waals surface area contributed by atoms with Gasteiger partial charge in [0.15, 0.2) is 0 Å². The van der Waals surface area contributed by atoms with Gasteiger partial charge in [0, 0.05) is 12.8 Å². The van der Waals surface area contributed by atoms with E-state index in [4.69, 9.17) is 10.3 Å². The molecule has 0 spiro atoms. The van der Waals surface area contributed by atoms with Crippen molar-refractivity contribution in [1.82, 2.24) is 5.48 Å². The lowest BCUT2D eigenvalue weighted by atomic mass is 10.0. The van der Waals surface area contributed by atoms with E-state index in [1.54, 1.807) is 5.48 Å². The normalized spacial score (nSPS) is 10.7. The number of carbonyl (C=O) groups excluding carboxylic acids is 1. The molecule has 0 bridgehead atoms. The summed E-state index contributed by atoms with van der Waals surface area (Å²) in [6.07, 6.45) is 17.1. The molecule has 0 aromatic carbocycles. The predicted octanol–water partition coefficient (Wildman–Crippen LogP) is 4.82. The van der Waals surface area contributed by atoms with Gasteiger partial charge in [-0.25, -0.2) is 5.48 Å². The molecule has 0 aliphatic carbocycles. The first-order valence-corrected chi connectivity index (χ1v) is 9.31. The molecule has 0 unspecified atom stereocenters. The third-order valence-electron chi connectivity index (χ3n) is 4.17. The lowest BCUT2D eigenvalue weighted by Gasteiger charge is -2.03. The SMILES string of the molecule is O=C(O)CCCCCCCCCCCCCCCCC(=O)NO. The largest absolute Gasteiger partial charge is 0.481 e. The Kier molecular flexibility index (Phi) is 16.4. The molecule has 0 saturated heterocycles. The van der Waals surface area contributed by atoms with Crippen molar-refractivity contribution in [2.75, 3.05) is 0 Å². The van der Waals surface area contributed by atoms with Crippen LogP contribution < -0.4 is 5.48 Å². The molecular weight excluding hydrogens is 294 g/mol. The molecule has 5 heteroatoms. The van der Waals surface area contributed by atoms with Gasteiger partial charge in [0.2, 0.25) is 5.91 Å². The maximum atomic E-state index is 10.8. The number of amides is 1. The minimum atomic E-state index is -0.680. The van der Waals surface area contributed by atoms with Gasteiger partial charge in [-0.05, 0) is 12.8 Å².